The number of nitrogens with zero attached hydrogens (tertiary/aromatic N) is 1. The molecule has 1 N–H and O–H groups in total. The maximum atomic E-state index is 13.4. The van der Waals surface area contributed by atoms with Gasteiger partial charge in [-0.2, -0.15) is 5.26 Å². The molecule has 0 amide bonds. The van der Waals surface area contributed by atoms with Crippen LogP contribution in [0.5, 0.6) is 0 Å². The van der Waals surface area contributed by atoms with Crippen LogP contribution in [-0.4, -0.2) is 5.11 Å². The molecule has 0 bridgehead atoms. The molecule has 0 aliphatic carbocycles. The molecule has 0 aliphatic rings. The van der Waals surface area contributed by atoms with E-state index in [9.17, 15) is 9.50 Å². The lowest BCUT2D eigenvalue weighted by molar-refractivity contribution is 0.105. The van der Waals surface area contributed by atoms with E-state index in [0.29, 0.717) is 16.6 Å². The van der Waals surface area contributed by atoms with Crippen molar-refractivity contribution in [2.75, 3.05) is 0 Å². The Kier molecular flexibility index (Phi) is 5.67. The summed E-state index contributed by atoms with van der Waals surface area (Å²) >= 11 is 3.16. The molecule has 0 unspecified atom stereocenters. The van der Waals surface area contributed by atoms with Gasteiger partial charge in [0.05, 0.1) is 35.9 Å². The second kappa shape index (κ2) is 7.50. The summed E-state index contributed by atoms with van der Waals surface area (Å²) in [5.41, 5.74) is 3.73. The first kappa shape index (κ1) is 16.6. The Morgan fingerprint density at radius 1 is 1.18 bits per heavy atom. The van der Waals surface area contributed by atoms with Crippen molar-refractivity contribution >= 4 is 15.9 Å². The average Bonchev–Trinajstić information content (AvgIpc) is 2.52. The molecule has 2 rings (SSSR count). The fourth-order valence-corrected chi connectivity index (χ4v) is 2.49. The van der Waals surface area contributed by atoms with E-state index in [1.807, 2.05) is 6.92 Å². The highest BCUT2D eigenvalue weighted by Gasteiger charge is 2.07. The topological polar surface area (TPSA) is 53.2 Å². The van der Waals surface area contributed by atoms with Gasteiger partial charge in [-0.25, -0.2) is 4.39 Å². The van der Waals surface area contributed by atoms with E-state index in [0.717, 1.165) is 22.3 Å². The van der Waals surface area contributed by atoms with E-state index in [-0.39, 0.29) is 19.0 Å². The van der Waals surface area contributed by atoms with Crippen LogP contribution in [0.4, 0.5) is 4.39 Å². The van der Waals surface area contributed by atoms with Gasteiger partial charge in [0.2, 0.25) is 0 Å². The SMILES string of the molecule is Cc1cc(F)c(Br)cc1COCc1cc(C#N)ccc1CO. The summed E-state index contributed by atoms with van der Waals surface area (Å²) in [6.45, 7) is 2.32. The fraction of sp³-hybridized carbons (Fsp3) is 0.235. The van der Waals surface area contributed by atoms with Crippen molar-refractivity contribution < 1.29 is 14.2 Å². The van der Waals surface area contributed by atoms with E-state index in [4.69, 9.17) is 10.00 Å². The summed E-state index contributed by atoms with van der Waals surface area (Å²) in [4.78, 5) is 0. The van der Waals surface area contributed by atoms with Crippen LogP contribution in [-0.2, 0) is 24.6 Å². The largest absolute Gasteiger partial charge is 0.392 e. The molecule has 114 valence electrons. The predicted octanol–water partition coefficient (Wildman–Crippen LogP) is 3.98. The molecule has 0 heterocycles. The number of halogens is 2. The van der Waals surface area contributed by atoms with Gasteiger partial charge >= 0.3 is 0 Å². The first-order chi connectivity index (χ1) is 10.5. The number of aryl methyl sites for hydroxylation is 1. The van der Waals surface area contributed by atoms with Crippen LogP contribution in [0.2, 0.25) is 0 Å². The van der Waals surface area contributed by atoms with Crippen molar-refractivity contribution in [1.29, 1.82) is 5.26 Å². The third-order valence-electron chi connectivity index (χ3n) is 3.40. The maximum absolute atomic E-state index is 13.4. The van der Waals surface area contributed by atoms with Crippen molar-refractivity contribution in [3.05, 3.63) is 68.4 Å². The molecule has 3 nitrogen and oxygen atoms in total. The lowest BCUT2D eigenvalue weighted by Crippen LogP contribution is -2.01. The van der Waals surface area contributed by atoms with Gasteiger partial charge in [-0.15, -0.1) is 0 Å². The first-order valence-corrected chi connectivity index (χ1v) is 7.49. The standard InChI is InChI=1S/C17H15BrFNO2/c1-11-4-17(19)16(18)6-14(11)9-22-10-15-5-12(7-20)2-3-13(15)8-21/h2-6,21H,8-10H2,1H3. The summed E-state index contributed by atoms with van der Waals surface area (Å²) in [7, 11) is 0. The van der Waals surface area contributed by atoms with Gasteiger partial charge in [-0.1, -0.05) is 6.07 Å². The third-order valence-corrected chi connectivity index (χ3v) is 4.01. The number of benzene rings is 2. The van der Waals surface area contributed by atoms with Crippen LogP contribution in [0.25, 0.3) is 0 Å². The number of hydrogen-bond acceptors (Lipinski definition) is 3. The quantitative estimate of drug-likeness (QED) is 0.873. The molecule has 0 aliphatic heterocycles. The van der Waals surface area contributed by atoms with Gasteiger partial charge in [0, 0.05) is 0 Å². The Hall–Kier alpha value is -1.74. The van der Waals surface area contributed by atoms with E-state index in [2.05, 4.69) is 22.0 Å². The average molecular weight is 364 g/mol. The molecule has 0 radical (unpaired) electrons. The molecule has 22 heavy (non-hydrogen) atoms. The van der Waals surface area contributed by atoms with Crippen molar-refractivity contribution in [1.82, 2.24) is 0 Å². The molecule has 2 aromatic rings. The highest BCUT2D eigenvalue weighted by atomic mass is 79.9. The Morgan fingerprint density at radius 2 is 1.91 bits per heavy atom. The van der Waals surface area contributed by atoms with E-state index < -0.39 is 0 Å². The lowest BCUT2D eigenvalue weighted by Gasteiger charge is -2.11. The summed E-state index contributed by atoms with van der Waals surface area (Å²) < 4.78 is 19.4. The zero-order valence-electron chi connectivity index (χ0n) is 12.1. The van der Waals surface area contributed by atoms with Gasteiger partial charge in [-0.05, 0) is 69.4 Å². The molecular formula is C17H15BrFNO2. The highest BCUT2D eigenvalue weighted by Crippen LogP contribution is 2.22. The van der Waals surface area contributed by atoms with Crippen molar-refractivity contribution in [3.63, 3.8) is 0 Å². The first-order valence-electron chi connectivity index (χ1n) is 6.70. The van der Waals surface area contributed by atoms with Crippen LogP contribution in [0, 0.1) is 24.1 Å². The van der Waals surface area contributed by atoms with Gasteiger partial charge in [-0.3, -0.25) is 0 Å². The number of aliphatic hydroxyl groups is 1. The molecule has 5 heteroatoms. The second-order valence-corrected chi connectivity index (χ2v) is 5.79. The predicted molar refractivity (Wildman–Crippen MR) is 84.4 cm³/mol. The van der Waals surface area contributed by atoms with Gasteiger partial charge in [0.1, 0.15) is 5.82 Å². The second-order valence-electron chi connectivity index (χ2n) is 4.94. The number of nitriles is 1. The molecular weight excluding hydrogens is 349 g/mol. The van der Waals surface area contributed by atoms with Crippen molar-refractivity contribution in [2.24, 2.45) is 0 Å². The van der Waals surface area contributed by atoms with Crippen LogP contribution in [0.3, 0.4) is 0 Å². The minimum atomic E-state index is -0.300. The summed E-state index contributed by atoms with van der Waals surface area (Å²) in [6, 6.07) is 10.3. The monoisotopic (exact) mass is 363 g/mol. The van der Waals surface area contributed by atoms with Gasteiger partial charge in [0.15, 0.2) is 0 Å². The molecule has 0 fully saturated rings. The number of aliphatic hydroxyl groups excluding tert-OH is 1. The van der Waals surface area contributed by atoms with Crippen LogP contribution >= 0.6 is 15.9 Å². The molecule has 0 atom stereocenters. The maximum Gasteiger partial charge on any atom is 0.137 e. The van der Waals surface area contributed by atoms with Gasteiger partial charge in [0.25, 0.3) is 0 Å². The Balaban J connectivity index is 2.08. The molecule has 0 spiro atoms. The number of ether oxygens (including phenoxy) is 1. The minimum Gasteiger partial charge on any atom is -0.392 e. The zero-order chi connectivity index (χ0) is 16.1. The Labute approximate surface area is 137 Å². The third kappa shape index (κ3) is 3.92. The zero-order valence-corrected chi connectivity index (χ0v) is 13.7. The van der Waals surface area contributed by atoms with E-state index in [1.165, 1.54) is 6.07 Å². The number of hydrogen-bond donors (Lipinski definition) is 1. The van der Waals surface area contributed by atoms with Gasteiger partial charge < -0.3 is 9.84 Å². The van der Waals surface area contributed by atoms with E-state index in [1.54, 1.807) is 24.3 Å². The summed E-state index contributed by atoms with van der Waals surface area (Å²) in [6.07, 6.45) is 0. The van der Waals surface area contributed by atoms with E-state index >= 15 is 0 Å². The van der Waals surface area contributed by atoms with Crippen molar-refractivity contribution in [3.8, 4) is 6.07 Å². The smallest absolute Gasteiger partial charge is 0.137 e. The summed E-state index contributed by atoms with van der Waals surface area (Å²) in [5.74, 6) is -0.300. The number of rotatable bonds is 5. The minimum absolute atomic E-state index is 0.106. The molecule has 0 aromatic heterocycles. The van der Waals surface area contributed by atoms with Crippen LogP contribution in [0.15, 0.2) is 34.8 Å². The Morgan fingerprint density at radius 3 is 2.59 bits per heavy atom. The molecule has 2 aromatic carbocycles. The van der Waals surface area contributed by atoms with Crippen molar-refractivity contribution in [2.45, 2.75) is 26.7 Å². The summed E-state index contributed by atoms with van der Waals surface area (Å²) in [5, 5.41) is 18.3. The lowest BCUT2D eigenvalue weighted by atomic mass is 10.1. The van der Waals surface area contributed by atoms with Crippen LogP contribution < -0.4 is 0 Å². The fourth-order valence-electron chi connectivity index (χ4n) is 2.10. The molecule has 0 saturated carbocycles. The highest BCUT2D eigenvalue weighted by molar-refractivity contribution is 9.10. The Bertz CT molecular complexity index is 725. The van der Waals surface area contributed by atoms with Crippen LogP contribution in [0.1, 0.15) is 27.8 Å². The normalized spacial score (nSPS) is 10.5. The molecule has 0 saturated heterocycles.